The molecule has 1 saturated heterocycles. The van der Waals surface area contributed by atoms with Crippen molar-refractivity contribution in [3.63, 3.8) is 0 Å². The number of carbonyl (C=O) groups is 2. The molecule has 2 amide bonds. The normalized spacial score (nSPS) is 20.7. The van der Waals surface area contributed by atoms with Gasteiger partial charge in [-0.2, -0.15) is 0 Å². The highest BCUT2D eigenvalue weighted by Crippen LogP contribution is 2.49. The molecule has 0 aliphatic carbocycles. The van der Waals surface area contributed by atoms with E-state index in [2.05, 4.69) is 12.2 Å². The van der Waals surface area contributed by atoms with Crippen LogP contribution < -0.4 is 5.32 Å². The van der Waals surface area contributed by atoms with Crippen LogP contribution in [0.3, 0.4) is 0 Å². The lowest BCUT2D eigenvalue weighted by atomic mass is 9.64. The number of halogens is 2. The quantitative estimate of drug-likeness (QED) is 0.466. The van der Waals surface area contributed by atoms with Gasteiger partial charge in [0.05, 0.1) is 18.6 Å². The zero-order valence-electron chi connectivity index (χ0n) is 19.6. The summed E-state index contributed by atoms with van der Waals surface area (Å²) in [5.41, 5.74) is 1.94. The summed E-state index contributed by atoms with van der Waals surface area (Å²) in [4.78, 5) is 28.7. The molecule has 2 aromatic carbocycles. The molecule has 5 nitrogen and oxygen atoms in total. The van der Waals surface area contributed by atoms with E-state index >= 15 is 0 Å². The van der Waals surface area contributed by atoms with Crippen LogP contribution in [-0.4, -0.2) is 43.0 Å². The van der Waals surface area contributed by atoms with Crippen LogP contribution in [0.15, 0.2) is 42.5 Å². The van der Waals surface area contributed by atoms with E-state index in [9.17, 15) is 9.59 Å². The highest BCUT2D eigenvalue weighted by Gasteiger charge is 2.51. The Morgan fingerprint density at radius 2 is 1.88 bits per heavy atom. The number of morpholine rings is 1. The van der Waals surface area contributed by atoms with Gasteiger partial charge in [0.15, 0.2) is 0 Å². The molecule has 0 spiro atoms. The molecule has 2 aliphatic rings. The lowest BCUT2D eigenvalue weighted by Gasteiger charge is -2.37. The number of nitrogens with zero attached hydrogens (tertiary/aromatic N) is 1. The molecule has 2 aliphatic heterocycles. The van der Waals surface area contributed by atoms with Gasteiger partial charge < -0.3 is 15.0 Å². The van der Waals surface area contributed by atoms with Crippen molar-refractivity contribution in [1.82, 2.24) is 4.90 Å². The molecule has 2 heterocycles. The third-order valence-electron chi connectivity index (χ3n) is 7.16. The fraction of sp³-hybridized carbons (Fsp3) is 0.481. The first-order valence-corrected chi connectivity index (χ1v) is 12.9. The highest BCUT2D eigenvalue weighted by atomic mass is 35.5. The monoisotopic (exact) mass is 502 g/mol. The predicted octanol–water partition coefficient (Wildman–Crippen LogP) is 5.87. The number of hydrogen-bond donors (Lipinski definition) is 1. The summed E-state index contributed by atoms with van der Waals surface area (Å²) in [6.45, 7) is 4.59. The Kier molecular flexibility index (Phi) is 8.18. The van der Waals surface area contributed by atoms with Crippen molar-refractivity contribution in [2.24, 2.45) is 5.92 Å². The van der Waals surface area contributed by atoms with Crippen LogP contribution in [0, 0.1) is 5.92 Å². The summed E-state index contributed by atoms with van der Waals surface area (Å²) in [6, 6.07) is 13.4. The molecule has 0 aromatic heterocycles. The maximum Gasteiger partial charge on any atom is 0.235 e. The molecular weight excluding hydrogens is 471 g/mol. The molecule has 34 heavy (non-hydrogen) atoms. The van der Waals surface area contributed by atoms with E-state index in [0.29, 0.717) is 55.6 Å². The molecular formula is C27H32Cl2N2O3. The Morgan fingerprint density at radius 3 is 2.62 bits per heavy atom. The minimum Gasteiger partial charge on any atom is -0.378 e. The van der Waals surface area contributed by atoms with E-state index in [-0.39, 0.29) is 17.7 Å². The molecule has 2 atom stereocenters. The number of anilines is 1. The number of unbranched alkanes of at least 4 members (excludes halogenated alkanes) is 1. The highest BCUT2D eigenvalue weighted by molar-refractivity contribution is 6.31. The van der Waals surface area contributed by atoms with Crippen molar-refractivity contribution in [3.05, 3.63) is 63.6 Å². The van der Waals surface area contributed by atoms with Gasteiger partial charge in [-0.05, 0) is 60.6 Å². The summed E-state index contributed by atoms with van der Waals surface area (Å²) in [5, 5.41) is 4.34. The second-order valence-electron chi connectivity index (χ2n) is 9.29. The molecule has 0 saturated carbocycles. The fourth-order valence-electron chi connectivity index (χ4n) is 5.42. The predicted molar refractivity (Wildman–Crippen MR) is 137 cm³/mol. The van der Waals surface area contributed by atoms with Crippen molar-refractivity contribution in [3.8, 4) is 0 Å². The molecule has 0 radical (unpaired) electrons. The Balaban J connectivity index is 1.70. The largest absolute Gasteiger partial charge is 0.378 e. The van der Waals surface area contributed by atoms with Gasteiger partial charge in [0.2, 0.25) is 11.8 Å². The van der Waals surface area contributed by atoms with Gasteiger partial charge in [-0.25, -0.2) is 0 Å². The maximum absolute atomic E-state index is 13.8. The first-order valence-electron chi connectivity index (χ1n) is 12.2. The van der Waals surface area contributed by atoms with Crippen molar-refractivity contribution < 1.29 is 14.3 Å². The van der Waals surface area contributed by atoms with Crippen molar-refractivity contribution in [1.29, 1.82) is 0 Å². The van der Waals surface area contributed by atoms with E-state index in [1.54, 1.807) is 0 Å². The van der Waals surface area contributed by atoms with E-state index < -0.39 is 5.41 Å². The molecule has 1 fully saturated rings. The second kappa shape index (κ2) is 11.1. The van der Waals surface area contributed by atoms with Crippen molar-refractivity contribution in [2.45, 2.75) is 50.9 Å². The van der Waals surface area contributed by atoms with Crippen LogP contribution in [0.1, 0.15) is 50.2 Å². The number of rotatable bonds is 9. The minimum absolute atomic E-state index is 0.00107. The number of amides is 2. The van der Waals surface area contributed by atoms with E-state index in [4.69, 9.17) is 27.9 Å². The Hall–Kier alpha value is -2.08. The number of ether oxygens (including phenoxy) is 1. The van der Waals surface area contributed by atoms with Gasteiger partial charge in [-0.3, -0.25) is 9.59 Å². The fourth-order valence-corrected chi connectivity index (χ4v) is 5.80. The SMILES string of the molecule is CCCCC(CCC(=O)N1CCOCC1)C1(Cc2cccc(Cl)c2)C(=O)Nc2cc(Cl)ccc21. The molecule has 2 aromatic rings. The molecule has 7 heteroatoms. The van der Waals surface area contributed by atoms with Gasteiger partial charge in [0.25, 0.3) is 0 Å². The van der Waals surface area contributed by atoms with Crippen LogP contribution >= 0.6 is 23.2 Å². The lowest BCUT2D eigenvalue weighted by molar-refractivity contribution is -0.136. The number of benzene rings is 2. The average molecular weight is 503 g/mol. The molecule has 2 unspecified atom stereocenters. The zero-order chi connectivity index (χ0) is 24.1. The molecule has 182 valence electrons. The van der Waals surface area contributed by atoms with Gasteiger partial charge in [0, 0.05) is 35.2 Å². The number of fused-ring (bicyclic) bond motifs is 1. The third-order valence-corrected chi connectivity index (χ3v) is 7.63. The summed E-state index contributed by atoms with van der Waals surface area (Å²) >= 11 is 12.6. The topological polar surface area (TPSA) is 58.6 Å². The summed E-state index contributed by atoms with van der Waals surface area (Å²) in [6.07, 6.45) is 4.46. The zero-order valence-corrected chi connectivity index (χ0v) is 21.1. The van der Waals surface area contributed by atoms with E-state index in [1.807, 2.05) is 47.4 Å². The minimum atomic E-state index is -0.787. The first-order chi connectivity index (χ1) is 16.4. The van der Waals surface area contributed by atoms with E-state index in [0.717, 1.165) is 36.1 Å². The Morgan fingerprint density at radius 1 is 1.12 bits per heavy atom. The van der Waals surface area contributed by atoms with Crippen LogP contribution in [0.25, 0.3) is 0 Å². The molecule has 1 N–H and O–H groups in total. The smallest absolute Gasteiger partial charge is 0.235 e. The van der Waals surface area contributed by atoms with Crippen LogP contribution in [0.2, 0.25) is 10.0 Å². The summed E-state index contributed by atoms with van der Waals surface area (Å²) in [5.74, 6) is 0.112. The number of nitrogens with one attached hydrogen (secondary N) is 1. The maximum atomic E-state index is 13.8. The molecule has 4 rings (SSSR count). The van der Waals surface area contributed by atoms with Gasteiger partial charge >= 0.3 is 0 Å². The van der Waals surface area contributed by atoms with Gasteiger partial charge in [-0.15, -0.1) is 0 Å². The van der Waals surface area contributed by atoms with E-state index in [1.165, 1.54) is 0 Å². The van der Waals surface area contributed by atoms with Crippen LogP contribution in [0.4, 0.5) is 5.69 Å². The second-order valence-corrected chi connectivity index (χ2v) is 10.2. The lowest BCUT2D eigenvalue weighted by Crippen LogP contribution is -2.45. The summed E-state index contributed by atoms with van der Waals surface area (Å²) < 4.78 is 5.40. The van der Waals surface area contributed by atoms with Gasteiger partial charge in [0.1, 0.15) is 0 Å². The number of hydrogen-bond acceptors (Lipinski definition) is 3. The third kappa shape index (κ3) is 5.27. The first kappa shape index (κ1) is 25.0. The van der Waals surface area contributed by atoms with Crippen molar-refractivity contribution in [2.75, 3.05) is 31.6 Å². The number of carbonyl (C=O) groups excluding carboxylic acids is 2. The molecule has 0 bridgehead atoms. The van der Waals surface area contributed by atoms with Crippen molar-refractivity contribution >= 4 is 40.7 Å². The summed E-state index contributed by atoms with van der Waals surface area (Å²) in [7, 11) is 0. The van der Waals surface area contributed by atoms with Gasteiger partial charge in [-0.1, -0.05) is 61.2 Å². The van der Waals surface area contributed by atoms with Crippen LogP contribution in [-0.2, 0) is 26.2 Å². The Bertz CT molecular complexity index is 1040. The van der Waals surface area contributed by atoms with Crippen LogP contribution in [0.5, 0.6) is 0 Å². The Labute approximate surface area is 211 Å². The standard InChI is InChI=1S/C27H32Cl2N2O3/c1-2-3-6-20(8-11-25(32)31-12-14-34-15-13-31)27(18-19-5-4-7-21(28)16-19)23-10-9-22(29)17-24(23)30-26(27)33/h4-5,7,9-10,16-17,20H,2-3,6,8,11-15,18H2,1H3,(H,30,33). The average Bonchev–Trinajstić information content (AvgIpc) is 3.10.